The van der Waals surface area contributed by atoms with Gasteiger partial charge in [-0.15, -0.1) is 0 Å². The first kappa shape index (κ1) is 13.0. The Morgan fingerprint density at radius 3 is 2.65 bits per heavy atom. The van der Waals surface area contributed by atoms with Crippen molar-refractivity contribution in [1.82, 2.24) is 0 Å². The minimum absolute atomic E-state index is 0.291. The summed E-state index contributed by atoms with van der Waals surface area (Å²) in [6, 6.07) is 6.50. The summed E-state index contributed by atoms with van der Waals surface area (Å²) in [5.41, 5.74) is 0.638. The quantitative estimate of drug-likeness (QED) is 0.569. The zero-order chi connectivity index (χ0) is 12.7. The second-order valence-corrected chi connectivity index (χ2v) is 3.19. The first-order valence-corrected chi connectivity index (χ1v) is 4.96. The van der Waals surface area contributed by atoms with Crippen LogP contribution in [0, 0.1) is 11.3 Å². The third-order valence-electron chi connectivity index (χ3n) is 2.01. The van der Waals surface area contributed by atoms with Gasteiger partial charge in [-0.2, -0.15) is 5.26 Å². The molecule has 5 heteroatoms. The number of hydrogen-bond acceptors (Lipinski definition) is 5. The lowest BCUT2D eigenvalue weighted by molar-refractivity contribution is 0.0600. The van der Waals surface area contributed by atoms with E-state index in [0.717, 1.165) is 0 Å². The Kier molecular flexibility index (Phi) is 4.98. The van der Waals surface area contributed by atoms with Crippen molar-refractivity contribution in [2.45, 2.75) is 0 Å². The number of esters is 1. The van der Waals surface area contributed by atoms with Crippen LogP contribution in [0.1, 0.15) is 15.9 Å². The van der Waals surface area contributed by atoms with Gasteiger partial charge in [0, 0.05) is 7.11 Å². The molecule has 0 atom stereocenters. The fourth-order valence-electron chi connectivity index (χ4n) is 1.23. The molecule has 0 aliphatic rings. The van der Waals surface area contributed by atoms with Crippen molar-refractivity contribution in [3.63, 3.8) is 0 Å². The van der Waals surface area contributed by atoms with Gasteiger partial charge in [0.25, 0.3) is 0 Å². The van der Waals surface area contributed by atoms with Crippen LogP contribution in [-0.2, 0) is 9.47 Å². The standard InChI is InChI=1S/C12H13NO4/c1-15-3-4-17-11-6-9(8-13)5-10(7-11)12(14)16-2/h5-7H,3-4H2,1-2H3. The molecule has 0 aromatic heterocycles. The highest BCUT2D eigenvalue weighted by Crippen LogP contribution is 2.17. The largest absolute Gasteiger partial charge is 0.491 e. The van der Waals surface area contributed by atoms with Crippen LogP contribution < -0.4 is 4.74 Å². The van der Waals surface area contributed by atoms with Gasteiger partial charge in [-0.1, -0.05) is 0 Å². The number of carbonyl (C=O) groups is 1. The molecule has 0 heterocycles. The Hall–Kier alpha value is -2.06. The molecule has 0 saturated heterocycles. The van der Waals surface area contributed by atoms with Crippen LogP contribution in [0.5, 0.6) is 5.75 Å². The number of methoxy groups -OCH3 is 2. The summed E-state index contributed by atoms with van der Waals surface area (Å²) in [5.74, 6) is -0.0554. The molecule has 0 unspecified atom stereocenters. The van der Waals surface area contributed by atoms with Gasteiger partial charge in [0.1, 0.15) is 12.4 Å². The first-order valence-electron chi connectivity index (χ1n) is 4.96. The minimum atomic E-state index is -0.501. The average molecular weight is 235 g/mol. The molecule has 5 nitrogen and oxygen atoms in total. The van der Waals surface area contributed by atoms with Gasteiger partial charge < -0.3 is 14.2 Å². The van der Waals surface area contributed by atoms with E-state index in [1.807, 2.05) is 6.07 Å². The fraction of sp³-hybridized carbons (Fsp3) is 0.333. The van der Waals surface area contributed by atoms with Crippen LogP contribution >= 0.6 is 0 Å². The van der Waals surface area contributed by atoms with Crippen LogP contribution in [0.2, 0.25) is 0 Å². The lowest BCUT2D eigenvalue weighted by atomic mass is 10.1. The van der Waals surface area contributed by atoms with Gasteiger partial charge in [0.15, 0.2) is 0 Å². The molecule has 0 bridgehead atoms. The van der Waals surface area contributed by atoms with Gasteiger partial charge in [-0.05, 0) is 18.2 Å². The van der Waals surface area contributed by atoms with E-state index in [0.29, 0.717) is 30.1 Å². The van der Waals surface area contributed by atoms with E-state index in [4.69, 9.17) is 14.7 Å². The summed E-state index contributed by atoms with van der Waals surface area (Å²) in [6.45, 7) is 0.788. The van der Waals surface area contributed by atoms with Gasteiger partial charge >= 0.3 is 5.97 Å². The van der Waals surface area contributed by atoms with E-state index in [9.17, 15) is 4.79 Å². The van der Waals surface area contributed by atoms with E-state index in [1.165, 1.54) is 19.2 Å². The molecule has 0 radical (unpaired) electrons. The third kappa shape index (κ3) is 3.78. The molecule has 17 heavy (non-hydrogen) atoms. The second kappa shape index (κ2) is 6.51. The van der Waals surface area contributed by atoms with E-state index in [-0.39, 0.29) is 0 Å². The van der Waals surface area contributed by atoms with Crippen LogP contribution in [0.4, 0.5) is 0 Å². The van der Waals surface area contributed by atoms with Crippen LogP contribution in [0.15, 0.2) is 18.2 Å². The Morgan fingerprint density at radius 2 is 2.06 bits per heavy atom. The summed E-state index contributed by atoms with van der Waals surface area (Å²) in [5, 5.41) is 8.83. The molecule has 0 aliphatic carbocycles. The molecule has 0 fully saturated rings. The van der Waals surface area contributed by atoms with Gasteiger partial charge in [-0.3, -0.25) is 0 Å². The fourth-order valence-corrected chi connectivity index (χ4v) is 1.23. The SMILES string of the molecule is COCCOc1cc(C#N)cc(C(=O)OC)c1. The normalized spacial score (nSPS) is 9.47. The maximum Gasteiger partial charge on any atom is 0.338 e. The highest BCUT2D eigenvalue weighted by Gasteiger charge is 2.09. The number of nitrogens with zero attached hydrogens (tertiary/aromatic N) is 1. The summed E-state index contributed by atoms with van der Waals surface area (Å²) >= 11 is 0. The van der Waals surface area contributed by atoms with Gasteiger partial charge in [-0.25, -0.2) is 4.79 Å². The van der Waals surface area contributed by atoms with Gasteiger partial charge in [0.2, 0.25) is 0 Å². The lowest BCUT2D eigenvalue weighted by Gasteiger charge is -2.07. The highest BCUT2D eigenvalue weighted by atomic mass is 16.5. The Labute approximate surface area is 99.5 Å². The molecular weight excluding hydrogens is 222 g/mol. The summed E-state index contributed by atoms with van der Waals surface area (Å²) in [7, 11) is 2.85. The molecule has 0 amide bonds. The predicted octanol–water partition coefficient (Wildman–Crippen LogP) is 1.37. The minimum Gasteiger partial charge on any atom is -0.491 e. The lowest BCUT2D eigenvalue weighted by Crippen LogP contribution is -2.06. The second-order valence-electron chi connectivity index (χ2n) is 3.19. The van der Waals surface area contributed by atoms with E-state index in [1.54, 1.807) is 13.2 Å². The number of benzene rings is 1. The summed E-state index contributed by atoms with van der Waals surface area (Å²) in [4.78, 5) is 11.4. The Morgan fingerprint density at radius 1 is 1.29 bits per heavy atom. The third-order valence-corrected chi connectivity index (χ3v) is 2.01. The van der Waals surface area contributed by atoms with Crippen molar-refractivity contribution in [1.29, 1.82) is 5.26 Å². The van der Waals surface area contributed by atoms with Crippen LogP contribution in [-0.4, -0.2) is 33.4 Å². The predicted molar refractivity (Wildman–Crippen MR) is 59.9 cm³/mol. The van der Waals surface area contributed by atoms with Gasteiger partial charge in [0.05, 0.1) is 30.9 Å². The van der Waals surface area contributed by atoms with Crippen LogP contribution in [0.25, 0.3) is 0 Å². The zero-order valence-corrected chi connectivity index (χ0v) is 9.73. The molecule has 1 rings (SSSR count). The maximum atomic E-state index is 11.4. The highest BCUT2D eigenvalue weighted by molar-refractivity contribution is 5.90. The van der Waals surface area contributed by atoms with E-state index in [2.05, 4.69) is 4.74 Å². The van der Waals surface area contributed by atoms with Crippen molar-refractivity contribution < 1.29 is 19.0 Å². The molecular formula is C12H13NO4. The Bertz CT molecular complexity index is 437. The first-order chi connectivity index (χ1) is 8.21. The van der Waals surface area contributed by atoms with Crippen molar-refractivity contribution in [3.05, 3.63) is 29.3 Å². The molecule has 1 aromatic rings. The van der Waals surface area contributed by atoms with E-state index < -0.39 is 5.97 Å². The summed E-state index contributed by atoms with van der Waals surface area (Å²) < 4.78 is 14.8. The zero-order valence-electron chi connectivity index (χ0n) is 9.73. The number of hydrogen-bond donors (Lipinski definition) is 0. The number of carbonyl (C=O) groups excluding carboxylic acids is 1. The molecule has 1 aromatic carbocycles. The van der Waals surface area contributed by atoms with Crippen molar-refractivity contribution >= 4 is 5.97 Å². The average Bonchev–Trinajstić information content (AvgIpc) is 2.37. The molecule has 0 saturated carbocycles. The van der Waals surface area contributed by atoms with Crippen molar-refractivity contribution in [2.24, 2.45) is 0 Å². The smallest absolute Gasteiger partial charge is 0.338 e. The summed E-state index contributed by atoms with van der Waals surface area (Å²) in [6.07, 6.45) is 0. The molecule has 90 valence electrons. The topological polar surface area (TPSA) is 68.5 Å². The molecule has 0 N–H and O–H groups in total. The van der Waals surface area contributed by atoms with Crippen molar-refractivity contribution in [2.75, 3.05) is 27.4 Å². The monoisotopic (exact) mass is 235 g/mol. The number of rotatable bonds is 5. The molecule has 0 aliphatic heterocycles. The Balaban J connectivity index is 2.90. The van der Waals surface area contributed by atoms with E-state index >= 15 is 0 Å². The number of ether oxygens (including phenoxy) is 3. The molecule has 0 spiro atoms. The number of nitriles is 1. The van der Waals surface area contributed by atoms with Crippen molar-refractivity contribution in [3.8, 4) is 11.8 Å². The van der Waals surface area contributed by atoms with Crippen LogP contribution in [0.3, 0.4) is 0 Å². The maximum absolute atomic E-state index is 11.4.